The van der Waals surface area contributed by atoms with Crippen molar-refractivity contribution in [2.24, 2.45) is 5.73 Å². The second-order valence-corrected chi connectivity index (χ2v) is 11.1. The van der Waals surface area contributed by atoms with Crippen LogP contribution in [-0.4, -0.2) is 50.7 Å². The molecular weight excluding hydrogens is 555 g/mol. The van der Waals surface area contributed by atoms with Crippen LogP contribution < -0.4 is 15.6 Å². The van der Waals surface area contributed by atoms with Crippen LogP contribution >= 0.6 is 58.3 Å². The Kier molecular flexibility index (Phi) is 8.19. The molecule has 35 heavy (non-hydrogen) atoms. The molecule has 2 aliphatic heterocycles. The Morgan fingerprint density at radius 1 is 1.26 bits per heavy atom. The highest BCUT2D eigenvalue weighted by Crippen LogP contribution is 2.40. The number of nitrogens with two attached hydrogens (primary N) is 1. The van der Waals surface area contributed by atoms with Crippen LogP contribution in [0.3, 0.4) is 0 Å². The number of halogens is 3. The van der Waals surface area contributed by atoms with Crippen LogP contribution in [0.4, 0.5) is 0 Å². The molecule has 1 saturated heterocycles. The van der Waals surface area contributed by atoms with Crippen molar-refractivity contribution in [3.8, 4) is 0 Å². The van der Waals surface area contributed by atoms with Gasteiger partial charge < -0.3 is 16.2 Å². The largest absolute Gasteiger partial charge is 0.477 e. The van der Waals surface area contributed by atoms with Crippen LogP contribution in [0.2, 0.25) is 15.1 Å². The van der Waals surface area contributed by atoms with E-state index in [1.165, 1.54) is 22.7 Å². The Morgan fingerprint density at radius 2 is 2.00 bits per heavy atom. The number of nitrogens with one attached hydrogen (secondary N) is 1. The van der Waals surface area contributed by atoms with Gasteiger partial charge in [-0.05, 0) is 18.2 Å². The molecule has 8 nitrogen and oxygen atoms in total. The van der Waals surface area contributed by atoms with Gasteiger partial charge in [-0.3, -0.25) is 14.5 Å². The summed E-state index contributed by atoms with van der Waals surface area (Å²) in [7, 11) is 0. The van der Waals surface area contributed by atoms with E-state index in [1.54, 1.807) is 6.07 Å². The van der Waals surface area contributed by atoms with Crippen LogP contribution in [0.25, 0.3) is 0 Å². The van der Waals surface area contributed by atoms with E-state index in [1.807, 2.05) is 29.1 Å². The van der Waals surface area contributed by atoms with Gasteiger partial charge in [0, 0.05) is 34.4 Å². The molecule has 1 aromatic carbocycles. The molecule has 13 heteroatoms. The number of β-lactam (4-membered cyclic amide) rings is 1. The molecule has 0 bridgehead atoms. The van der Waals surface area contributed by atoms with E-state index < -0.39 is 23.3 Å². The number of aromatic nitrogens is 1. The highest BCUT2D eigenvalue weighted by atomic mass is 35.5. The number of carbonyl (C=O) groups excluding carboxylic acids is 2. The Hall–Kier alpha value is -1.95. The molecule has 4 N–H and O–H groups in total. The molecule has 1 fully saturated rings. The normalized spacial score (nSPS) is 19.3. The number of fused-ring (bicyclic) bond motifs is 1. The van der Waals surface area contributed by atoms with Crippen molar-refractivity contribution in [1.29, 1.82) is 0 Å². The lowest BCUT2D eigenvalue weighted by Gasteiger charge is -2.49. The number of nitrogens with zero attached hydrogens (tertiary/aromatic N) is 2. The van der Waals surface area contributed by atoms with Crippen LogP contribution in [0.15, 0.2) is 52.8 Å². The van der Waals surface area contributed by atoms with Gasteiger partial charge in [0.1, 0.15) is 17.1 Å². The standard InChI is InChI=1S/C22H19Cl3N4O4S2/c23-13-4-15(25)16(5-14(13)24)34-10-17(30)27-18-20(31)29-19(22(32)33)12(9-35-21(18)29)8-28-3-1-2-11(6-26)7-28/h1-5,7,18,21H,6,8-10,26H2,(H-,27,30,32,33)/p+1/t18-,21-/m1/s1. The van der Waals surface area contributed by atoms with Crippen molar-refractivity contribution in [2.75, 3.05) is 11.5 Å². The summed E-state index contributed by atoms with van der Waals surface area (Å²) in [4.78, 5) is 39.3. The fourth-order valence-corrected chi connectivity index (χ4v) is 6.67. The number of hydrogen-bond acceptors (Lipinski definition) is 6. The third kappa shape index (κ3) is 5.58. The second kappa shape index (κ2) is 11.0. The molecule has 0 spiro atoms. The molecular formula is C22H20Cl3N4O4S2+. The summed E-state index contributed by atoms with van der Waals surface area (Å²) in [5.74, 6) is -1.60. The van der Waals surface area contributed by atoms with Crippen molar-refractivity contribution in [2.45, 2.75) is 29.4 Å². The molecule has 1 aromatic heterocycles. The summed E-state index contributed by atoms with van der Waals surface area (Å²) < 4.78 is 1.84. The molecule has 2 aliphatic rings. The second-order valence-electron chi connectivity index (χ2n) is 7.79. The minimum atomic E-state index is -1.18. The molecule has 0 unspecified atom stereocenters. The lowest BCUT2D eigenvalue weighted by molar-refractivity contribution is -0.689. The van der Waals surface area contributed by atoms with Crippen molar-refractivity contribution in [3.63, 3.8) is 0 Å². The Balaban J connectivity index is 1.42. The minimum Gasteiger partial charge on any atom is -0.477 e. The van der Waals surface area contributed by atoms with Gasteiger partial charge in [-0.2, -0.15) is 0 Å². The van der Waals surface area contributed by atoms with Gasteiger partial charge in [0.05, 0.1) is 20.8 Å². The molecule has 0 aliphatic carbocycles. The van der Waals surface area contributed by atoms with Gasteiger partial charge in [0.2, 0.25) is 5.91 Å². The molecule has 0 radical (unpaired) electrons. The Labute approximate surface area is 224 Å². The fourth-order valence-electron chi connectivity index (χ4n) is 3.79. The number of carbonyl (C=O) groups is 3. The van der Waals surface area contributed by atoms with E-state index in [2.05, 4.69) is 5.32 Å². The van der Waals surface area contributed by atoms with Crippen LogP contribution in [0.1, 0.15) is 5.56 Å². The van der Waals surface area contributed by atoms with E-state index in [0.29, 0.717) is 44.4 Å². The fraction of sp³-hybridized carbons (Fsp3) is 0.273. The zero-order valence-corrected chi connectivity index (χ0v) is 21.9. The van der Waals surface area contributed by atoms with E-state index in [9.17, 15) is 19.5 Å². The van der Waals surface area contributed by atoms with Gasteiger partial charge in [0.25, 0.3) is 5.91 Å². The zero-order valence-electron chi connectivity index (χ0n) is 18.0. The maximum Gasteiger partial charge on any atom is 0.352 e. The number of hydrogen-bond donors (Lipinski definition) is 3. The summed E-state index contributed by atoms with van der Waals surface area (Å²) in [6, 6.07) is 5.99. The summed E-state index contributed by atoms with van der Waals surface area (Å²) in [5.41, 5.74) is 7.18. The summed E-state index contributed by atoms with van der Waals surface area (Å²) in [6.45, 7) is 0.682. The first-order chi connectivity index (χ1) is 16.7. The summed E-state index contributed by atoms with van der Waals surface area (Å²) in [5, 5.41) is 13.1. The third-order valence-corrected chi connectivity index (χ3v) is 8.97. The molecule has 184 valence electrons. The maximum atomic E-state index is 12.9. The zero-order chi connectivity index (χ0) is 25.3. The molecule has 2 atom stereocenters. The van der Waals surface area contributed by atoms with Crippen molar-refractivity contribution >= 4 is 76.1 Å². The quantitative estimate of drug-likeness (QED) is 0.192. The van der Waals surface area contributed by atoms with Crippen LogP contribution in [-0.2, 0) is 27.5 Å². The molecule has 2 amide bonds. The third-order valence-electron chi connectivity index (χ3n) is 5.43. The topological polar surface area (TPSA) is 117 Å². The Bertz CT molecular complexity index is 1240. The van der Waals surface area contributed by atoms with Gasteiger partial charge in [-0.25, -0.2) is 9.36 Å². The maximum absolute atomic E-state index is 12.9. The number of aliphatic carboxylic acids is 1. The highest BCUT2D eigenvalue weighted by molar-refractivity contribution is 8.00. The lowest BCUT2D eigenvalue weighted by atomic mass is 10.0. The molecule has 2 aromatic rings. The monoisotopic (exact) mass is 573 g/mol. The molecule has 0 saturated carbocycles. The first-order valence-corrected chi connectivity index (χ1v) is 13.5. The van der Waals surface area contributed by atoms with Gasteiger partial charge in [-0.15, -0.1) is 23.5 Å². The summed E-state index contributed by atoms with van der Waals surface area (Å²) in [6.07, 6.45) is 3.67. The smallest absolute Gasteiger partial charge is 0.352 e. The predicted octanol–water partition coefficient (Wildman–Crippen LogP) is 2.92. The van der Waals surface area contributed by atoms with E-state index in [-0.39, 0.29) is 17.4 Å². The van der Waals surface area contributed by atoms with E-state index in [0.717, 1.165) is 17.3 Å². The SMILES string of the molecule is NCc1ccc[n+](CC2=C(C(=O)O)N3C(=O)[C@@H](NC(=O)CSc4cc(Cl)c(Cl)cc4Cl)[C@H]3SC2)c1. The van der Waals surface area contributed by atoms with Crippen LogP contribution in [0.5, 0.6) is 0 Å². The number of amides is 2. The highest BCUT2D eigenvalue weighted by Gasteiger charge is 2.54. The lowest BCUT2D eigenvalue weighted by Crippen LogP contribution is -2.71. The number of carboxylic acid groups (broad SMARTS) is 1. The first kappa shape index (κ1) is 26.1. The first-order valence-electron chi connectivity index (χ1n) is 10.3. The van der Waals surface area contributed by atoms with Crippen molar-refractivity contribution < 1.29 is 24.1 Å². The van der Waals surface area contributed by atoms with E-state index >= 15 is 0 Å². The van der Waals surface area contributed by atoms with E-state index in [4.69, 9.17) is 40.5 Å². The van der Waals surface area contributed by atoms with Gasteiger partial charge in [-0.1, -0.05) is 34.8 Å². The number of thioether (sulfide) groups is 2. The van der Waals surface area contributed by atoms with Crippen LogP contribution in [0, 0.1) is 0 Å². The number of benzene rings is 1. The average molecular weight is 575 g/mol. The number of carboxylic acids is 1. The molecule has 3 heterocycles. The molecule has 4 rings (SSSR count). The predicted molar refractivity (Wildman–Crippen MR) is 136 cm³/mol. The average Bonchev–Trinajstić information content (AvgIpc) is 2.83. The number of rotatable bonds is 8. The number of pyridine rings is 1. The van der Waals surface area contributed by atoms with Crippen molar-refractivity contribution in [3.05, 3.63) is 68.6 Å². The summed E-state index contributed by atoms with van der Waals surface area (Å²) >= 11 is 20.7. The minimum absolute atomic E-state index is 0.000151. The van der Waals surface area contributed by atoms with Gasteiger partial charge >= 0.3 is 5.97 Å². The van der Waals surface area contributed by atoms with Crippen molar-refractivity contribution in [1.82, 2.24) is 10.2 Å². The van der Waals surface area contributed by atoms with Gasteiger partial charge in [0.15, 0.2) is 18.9 Å². The Morgan fingerprint density at radius 3 is 2.71 bits per heavy atom.